The van der Waals surface area contributed by atoms with Crippen molar-refractivity contribution in [2.45, 2.75) is 39.4 Å². The number of rotatable bonds is 8. The van der Waals surface area contributed by atoms with Crippen LogP contribution in [0.4, 0.5) is 0 Å². The molecule has 0 aliphatic carbocycles. The third-order valence-electron chi connectivity index (χ3n) is 5.24. The molecule has 6 nitrogen and oxygen atoms in total. The molecule has 0 radical (unpaired) electrons. The van der Waals surface area contributed by atoms with Gasteiger partial charge in [-0.15, -0.1) is 0 Å². The van der Waals surface area contributed by atoms with E-state index >= 15 is 0 Å². The van der Waals surface area contributed by atoms with Gasteiger partial charge in [-0.2, -0.15) is 0 Å². The van der Waals surface area contributed by atoms with Gasteiger partial charge < -0.3 is 14.9 Å². The number of nitrogens with zero attached hydrogens (tertiary/aromatic N) is 3. The van der Waals surface area contributed by atoms with Gasteiger partial charge in [0.25, 0.3) is 0 Å². The number of aromatic nitrogens is 1. The van der Waals surface area contributed by atoms with Gasteiger partial charge in [0.2, 0.25) is 0 Å². The summed E-state index contributed by atoms with van der Waals surface area (Å²) in [6.45, 7) is 8.76. The zero-order valence-corrected chi connectivity index (χ0v) is 16.8. The predicted molar refractivity (Wildman–Crippen MR) is 109 cm³/mol. The summed E-state index contributed by atoms with van der Waals surface area (Å²) in [6.07, 6.45) is 0.729. The van der Waals surface area contributed by atoms with E-state index < -0.39 is 0 Å². The van der Waals surface area contributed by atoms with Crippen molar-refractivity contribution in [2.75, 3.05) is 32.8 Å². The molecule has 3 rings (SSSR count). The van der Waals surface area contributed by atoms with Crippen molar-refractivity contribution < 1.29 is 14.9 Å². The molecule has 1 aliphatic rings. The summed E-state index contributed by atoms with van der Waals surface area (Å²) in [5.41, 5.74) is 2.97. The zero-order chi connectivity index (χ0) is 19.9. The molecule has 152 valence electrons. The Kier molecular flexibility index (Phi) is 7.25. The molecule has 6 heteroatoms. The molecular weight excluding hydrogens is 354 g/mol. The van der Waals surface area contributed by atoms with Crippen molar-refractivity contribution in [2.24, 2.45) is 0 Å². The fraction of sp³-hybridized carbons (Fsp3) is 0.500. The highest BCUT2D eigenvalue weighted by Gasteiger charge is 2.27. The average molecular weight is 386 g/mol. The van der Waals surface area contributed by atoms with Gasteiger partial charge in [0.1, 0.15) is 0 Å². The molecule has 0 amide bonds. The van der Waals surface area contributed by atoms with Gasteiger partial charge in [-0.05, 0) is 38.5 Å². The Morgan fingerprint density at radius 3 is 2.71 bits per heavy atom. The Morgan fingerprint density at radius 1 is 1.14 bits per heavy atom. The van der Waals surface area contributed by atoms with Gasteiger partial charge in [0, 0.05) is 56.6 Å². The molecule has 1 aromatic carbocycles. The third kappa shape index (κ3) is 5.22. The summed E-state index contributed by atoms with van der Waals surface area (Å²) < 4.78 is 5.50. The molecule has 1 aliphatic heterocycles. The molecule has 0 spiro atoms. The van der Waals surface area contributed by atoms with Gasteiger partial charge in [0.05, 0.1) is 12.3 Å². The van der Waals surface area contributed by atoms with Crippen LogP contribution in [0.25, 0.3) is 0 Å². The van der Waals surface area contributed by atoms with Crippen LogP contribution < -0.4 is 4.74 Å². The van der Waals surface area contributed by atoms with E-state index in [-0.39, 0.29) is 18.4 Å². The minimum absolute atomic E-state index is 0.168. The topological polar surface area (TPSA) is 69.1 Å². The molecule has 2 N–H and O–H groups in total. The highest BCUT2D eigenvalue weighted by atomic mass is 16.5. The largest absolute Gasteiger partial charge is 0.504 e. The van der Waals surface area contributed by atoms with Crippen molar-refractivity contribution in [3.8, 4) is 11.5 Å². The number of hydrogen-bond acceptors (Lipinski definition) is 6. The number of phenolic OH excluding ortho intramolecular Hbond substituents is 1. The molecule has 2 heterocycles. The normalized spacial score (nSPS) is 18.3. The number of pyridine rings is 1. The van der Waals surface area contributed by atoms with Gasteiger partial charge >= 0.3 is 0 Å². The van der Waals surface area contributed by atoms with E-state index in [0.29, 0.717) is 18.9 Å². The first-order valence-corrected chi connectivity index (χ1v) is 10.0. The van der Waals surface area contributed by atoms with Crippen molar-refractivity contribution in [3.63, 3.8) is 0 Å². The van der Waals surface area contributed by atoms with Gasteiger partial charge in [-0.3, -0.25) is 14.8 Å². The molecule has 0 saturated carbocycles. The lowest BCUT2D eigenvalue weighted by Gasteiger charge is -2.41. The Labute approximate surface area is 167 Å². The summed E-state index contributed by atoms with van der Waals surface area (Å²) >= 11 is 0. The van der Waals surface area contributed by atoms with Crippen LogP contribution in [-0.4, -0.2) is 63.9 Å². The van der Waals surface area contributed by atoms with Crippen molar-refractivity contribution in [1.82, 2.24) is 14.8 Å². The van der Waals surface area contributed by atoms with E-state index in [9.17, 15) is 10.2 Å². The Bertz CT molecular complexity index is 768. The van der Waals surface area contributed by atoms with Crippen LogP contribution in [-0.2, 0) is 13.1 Å². The van der Waals surface area contributed by atoms with E-state index in [1.165, 1.54) is 0 Å². The van der Waals surface area contributed by atoms with Crippen molar-refractivity contribution in [1.29, 1.82) is 0 Å². The zero-order valence-electron chi connectivity index (χ0n) is 16.8. The number of aliphatic hydroxyl groups is 1. The number of benzene rings is 1. The first kappa shape index (κ1) is 20.6. The number of piperazine rings is 1. The van der Waals surface area contributed by atoms with Crippen LogP contribution in [0.15, 0.2) is 36.4 Å². The summed E-state index contributed by atoms with van der Waals surface area (Å²) in [5.74, 6) is 0.769. The summed E-state index contributed by atoms with van der Waals surface area (Å²) in [7, 11) is 0. The second-order valence-electron chi connectivity index (χ2n) is 7.34. The molecule has 1 unspecified atom stereocenters. The lowest BCUT2D eigenvalue weighted by Crippen LogP contribution is -2.52. The van der Waals surface area contributed by atoms with Crippen molar-refractivity contribution >= 4 is 0 Å². The highest BCUT2D eigenvalue weighted by molar-refractivity contribution is 5.45. The maximum atomic E-state index is 10.5. The summed E-state index contributed by atoms with van der Waals surface area (Å²) in [4.78, 5) is 9.37. The number of para-hydroxylation sites is 1. The van der Waals surface area contributed by atoms with Crippen LogP contribution >= 0.6 is 0 Å². The molecule has 2 aromatic rings. The van der Waals surface area contributed by atoms with Crippen molar-refractivity contribution in [3.05, 3.63) is 53.3 Å². The fourth-order valence-corrected chi connectivity index (χ4v) is 3.84. The maximum absolute atomic E-state index is 10.5. The fourth-order valence-electron chi connectivity index (χ4n) is 3.84. The van der Waals surface area contributed by atoms with E-state index in [0.717, 1.165) is 49.6 Å². The molecule has 1 atom stereocenters. The van der Waals surface area contributed by atoms with Gasteiger partial charge in [0.15, 0.2) is 11.5 Å². The molecule has 1 aromatic heterocycles. The molecule has 1 saturated heterocycles. The average Bonchev–Trinajstić information content (AvgIpc) is 2.67. The second-order valence-corrected chi connectivity index (χ2v) is 7.34. The number of phenols is 1. The lowest BCUT2D eigenvalue weighted by molar-refractivity contribution is 0.0487. The van der Waals surface area contributed by atoms with Gasteiger partial charge in [-0.25, -0.2) is 0 Å². The van der Waals surface area contributed by atoms with Crippen LogP contribution in [0.1, 0.15) is 30.3 Å². The summed E-state index contributed by atoms with van der Waals surface area (Å²) in [6, 6.07) is 12.0. The number of aryl methyl sites for hydroxylation is 1. The molecule has 0 bridgehead atoms. The molecule has 1 fully saturated rings. The van der Waals surface area contributed by atoms with E-state index in [1.54, 1.807) is 6.07 Å². The van der Waals surface area contributed by atoms with Crippen LogP contribution in [0.2, 0.25) is 0 Å². The van der Waals surface area contributed by atoms with Gasteiger partial charge in [-0.1, -0.05) is 18.2 Å². The van der Waals surface area contributed by atoms with E-state index in [2.05, 4.69) is 20.9 Å². The standard InChI is InChI=1S/C22H31N3O3/c1-3-28-21-9-5-7-18(22(21)27)14-24-11-12-25(20(16-24)10-13-26)15-19-8-4-6-17(2)23-19/h4-9,20,26-27H,3,10-16H2,1-2H3. The van der Waals surface area contributed by atoms with Crippen LogP contribution in [0.3, 0.4) is 0 Å². The maximum Gasteiger partial charge on any atom is 0.162 e. The first-order valence-electron chi connectivity index (χ1n) is 10.0. The predicted octanol–water partition coefficient (Wildman–Crippen LogP) is 2.56. The second kappa shape index (κ2) is 9.87. The lowest BCUT2D eigenvalue weighted by atomic mass is 10.1. The summed E-state index contributed by atoms with van der Waals surface area (Å²) in [5, 5.41) is 20.0. The Hall–Kier alpha value is -2.15. The quantitative estimate of drug-likeness (QED) is 0.728. The minimum atomic E-state index is 0.168. The van der Waals surface area contributed by atoms with Crippen LogP contribution in [0, 0.1) is 6.92 Å². The monoisotopic (exact) mass is 385 g/mol. The molecule has 28 heavy (non-hydrogen) atoms. The Balaban J connectivity index is 1.66. The van der Waals surface area contributed by atoms with E-state index in [1.807, 2.05) is 38.1 Å². The first-order chi connectivity index (χ1) is 13.6. The Morgan fingerprint density at radius 2 is 1.96 bits per heavy atom. The SMILES string of the molecule is CCOc1cccc(CN2CCN(Cc3cccc(C)n3)C(CCO)C2)c1O. The third-order valence-corrected chi connectivity index (χ3v) is 5.24. The smallest absolute Gasteiger partial charge is 0.162 e. The number of aromatic hydroxyl groups is 1. The minimum Gasteiger partial charge on any atom is -0.504 e. The number of aliphatic hydroxyl groups excluding tert-OH is 1. The van der Waals surface area contributed by atoms with E-state index in [4.69, 9.17) is 4.74 Å². The van der Waals surface area contributed by atoms with Crippen LogP contribution in [0.5, 0.6) is 11.5 Å². The highest BCUT2D eigenvalue weighted by Crippen LogP contribution is 2.31. The number of hydrogen-bond donors (Lipinski definition) is 2. The number of ether oxygens (including phenoxy) is 1. The molecular formula is C22H31N3O3.